The van der Waals surface area contributed by atoms with E-state index in [1.54, 1.807) is 0 Å². The minimum Gasteiger partial charge on any atom is -0.316 e. The van der Waals surface area contributed by atoms with Crippen LogP contribution in [0.1, 0.15) is 30.7 Å². The van der Waals surface area contributed by atoms with Crippen molar-refractivity contribution in [2.24, 2.45) is 7.05 Å². The second kappa shape index (κ2) is 2.50. The molecular formula is C11H13N3. The molecule has 0 saturated carbocycles. The Kier molecular flexibility index (Phi) is 1.40. The van der Waals surface area contributed by atoms with E-state index in [0.717, 1.165) is 12.2 Å². The Morgan fingerprint density at radius 1 is 1.50 bits per heavy atom. The van der Waals surface area contributed by atoms with E-state index in [4.69, 9.17) is 0 Å². The molecule has 2 aromatic rings. The Morgan fingerprint density at radius 3 is 3.21 bits per heavy atom. The van der Waals surface area contributed by atoms with E-state index in [1.165, 1.54) is 11.4 Å². The predicted octanol–water partition coefficient (Wildman–Crippen LogP) is 2.19. The van der Waals surface area contributed by atoms with Crippen molar-refractivity contribution in [3.05, 3.63) is 29.9 Å². The topological polar surface area (TPSA) is 22.2 Å². The van der Waals surface area contributed by atoms with Crippen LogP contribution in [0.3, 0.4) is 0 Å². The minimum absolute atomic E-state index is 0.599. The average Bonchev–Trinajstić information content (AvgIpc) is 2.71. The number of hydrogen-bond donors (Lipinski definition) is 0. The Labute approximate surface area is 82.7 Å². The fourth-order valence-corrected chi connectivity index (χ4v) is 2.38. The third-order valence-electron chi connectivity index (χ3n) is 3.04. The van der Waals surface area contributed by atoms with E-state index >= 15 is 0 Å². The number of nitrogens with zero attached hydrogens (tertiary/aromatic N) is 3. The Bertz CT molecular complexity index is 516. The monoisotopic (exact) mass is 187 g/mol. The third kappa shape index (κ3) is 0.794. The van der Waals surface area contributed by atoms with E-state index < -0.39 is 0 Å². The number of allylic oxidation sites excluding steroid dienone is 1. The van der Waals surface area contributed by atoms with Crippen molar-refractivity contribution in [3.63, 3.8) is 0 Å². The van der Waals surface area contributed by atoms with Gasteiger partial charge in [0.25, 0.3) is 0 Å². The fraction of sp³-hybridized carbons (Fsp3) is 0.364. The zero-order valence-electron chi connectivity index (χ0n) is 8.44. The summed E-state index contributed by atoms with van der Waals surface area (Å²) in [7, 11) is 2.09. The normalized spacial score (nSPS) is 20.3. The molecule has 0 saturated heterocycles. The molecule has 0 spiro atoms. The van der Waals surface area contributed by atoms with Crippen molar-refractivity contribution in [1.29, 1.82) is 0 Å². The zero-order chi connectivity index (χ0) is 9.71. The maximum absolute atomic E-state index is 4.35. The van der Waals surface area contributed by atoms with Crippen molar-refractivity contribution in [1.82, 2.24) is 14.0 Å². The van der Waals surface area contributed by atoms with Crippen LogP contribution < -0.4 is 0 Å². The summed E-state index contributed by atoms with van der Waals surface area (Å²) >= 11 is 0. The molecule has 1 aliphatic rings. The van der Waals surface area contributed by atoms with Crippen molar-refractivity contribution in [3.8, 4) is 0 Å². The van der Waals surface area contributed by atoms with Crippen LogP contribution in [0.25, 0.3) is 11.9 Å². The van der Waals surface area contributed by atoms with Gasteiger partial charge in [-0.2, -0.15) is 0 Å². The lowest BCUT2D eigenvalue weighted by atomic mass is 9.97. The van der Waals surface area contributed by atoms with Gasteiger partial charge in [0.15, 0.2) is 0 Å². The van der Waals surface area contributed by atoms with Gasteiger partial charge in [-0.3, -0.25) is 4.40 Å². The lowest BCUT2D eigenvalue weighted by Crippen LogP contribution is -2.05. The van der Waals surface area contributed by atoms with Crippen LogP contribution in [0.5, 0.6) is 0 Å². The molecule has 0 aliphatic heterocycles. The van der Waals surface area contributed by atoms with Crippen LogP contribution in [0.2, 0.25) is 0 Å². The first-order chi connectivity index (χ1) is 6.79. The molecule has 0 N–H and O–H groups in total. The maximum atomic E-state index is 4.35. The SMILES string of the molecule is CC1CC=Cc2c1n(C)c1nccn21. The summed E-state index contributed by atoms with van der Waals surface area (Å²) in [5, 5.41) is 0. The molecule has 3 rings (SSSR count). The van der Waals surface area contributed by atoms with Crippen molar-refractivity contribution in [2.45, 2.75) is 19.3 Å². The Balaban J connectivity index is 2.45. The number of aryl methyl sites for hydroxylation is 1. The summed E-state index contributed by atoms with van der Waals surface area (Å²) in [6, 6.07) is 0. The summed E-state index contributed by atoms with van der Waals surface area (Å²) < 4.78 is 4.35. The van der Waals surface area contributed by atoms with Gasteiger partial charge >= 0.3 is 0 Å². The van der Waals surface area contributed by atoms with Crippen LogP contribution >= 0.6 is 0 Å². The summed E-state index contributed by atoms with van der Waals surface area (Å²) in [5.41, 5.74) is 2.69. The molecule has 72 valence electrons. The van der Waals surface area contributed by atoms with E-state index in [2.05, 4.69) is 40.1 Å². The molecule has 0 aromatic carbocycles. The van der Waals surface area contributed by atoms with E-state index in [-0.39, 0.29) is 0 Å². The Hall–Kier alpha value is -1.51. The van der Waals surface area contributed by atoms with Gasteiger partial charge in [-0.05, 0) is 12.5 Å². The second-order valence-corrected chi connectivity index (χ2v) is 3.97. The molecule has 3 nitrogen and oxygen atoms in total. The van der Waals surface area contributed by atoms with Gasteiger partial charge in [0.1, 0.15) is 0 Å². The van der Waals surface area contributed by atoms with Crippen LogP contribution in [0, 0.1) is 0 Å². The molecular weight excluding hydrogens is 174 g/mol. The zero-order valence-corrected chi connectivity index (χ0v) is 8.44. The number of fused-ring (bicyclic) bond motifs is 3. The van der Waals surface area contributed by atoms with Gasteiger partial charge in [0.05, 0.1) is 5.69 Å². The molecule has 1 unspecified atom stereocenters. The number of hydrogen-bond acceptors (Lipinski definition) is 1. The molecule has 14 heavy (non-hydrogen) atoms. The summed E-state index contributed by atoms with van der Waals surface area (Å²) in [4.78, 5) is 4.35. The molecule has 3 heteroatoms. The first-order valence-corrected chi connectivity index (χ1v) is 4.97. The number of aromatic nitrogens is 3. The van der Waals surface area contributed by atoms with Crippen molar-refractivity contribution in [2.75, 3.05) is 0 Å². The molecule has 1 aliphatic carbocycles. The lowest BCUT2D eigenvalue weighted by molar-refractivity contribution is 0.694. The van der Waals surface area contributed by atoms with Gasteiger partial charge in [-0.25, -0.2) is 4.98 Å². The van der Waals surface area contributed by atoms with Crippen LogP contribution in [-0.2, 0) is 7.05 Å². The second-order valence-electron chi connectivity index (χ2n) is 3.97. The average molecular weight is 187 g/mol. The van der Waals surface area contributed by atoms with E-state index in [1.807, 2.05) is 12.4 Å². The van der Waals surface area contributed by atoms with Crippen LogP contribution in [-0.4, -0.2) is 14.0 Å². The van der Waals surface area contributed by atoms with E-state index in [0.29, 0.717) is 5.92 Å². The highest BCUT2D eigenvalue weighted by atomic mass is 15.2. The number of imidazole rings is 2. The highest BCUT2D eigenvalue weighted by molar-refractivity contribution is 5.58. The first-order valence-electron chi connectivity index (χ1n) is 4.97. The quantitative estimate of drug-likeness (QED) is 0.619. The van der Waals surface area contributed by atoms with E-state index in [9.17, 15) is 0 Å². The van der Waals surface area contributed by atoms with Gasteiger partial charge in [0.2, 0.25) is 5.78 Å². The fourth-order valence-electron chi connectivity index (χ4n) is 2.38. The standard InChI is InChI=1S/C11H13N3/c1-8-4-3-5-9-10(8)13(2)11-12-6-7-14(9)11/h3,5-8H,4H2,1-2H3. The molecule has 0 amide bonds. The molecule has 2 heterocycles. The van der Waals surface area contributed by atoms with Gasteiger partial charge in [-0.1, -0.05) is 13.0 Å². The van der Waals surface area contributed by atoms with Crippen molar-refractivity contribution >= 4 is 11.9 Å². The minimum atomic E-state index is 0.599. The summed E-state index contributed by atoms with van der Waals surface area (Å²) in [6.45, 7) is 2.27. The predicted molar refractivity (Wildman–Crippen MR) is 56.2 cm³/mol. The van der Waals surface area contributed by atoms with Gasteiger partial charge < -0.3 is 4.57 Å². The van der Waals surface area contributed by atoms with Gasteiger partial charge in [0, 0.05) is 31.1 Å². The highest BCUT2D eigenvalue weighted by Gasteiger charge is 2.20. The largest absolute Gasteiger partial charge is 0.316 e. The van der Waals surface area contributed by atoms with Gasteiger partial charge in [-0.15, -0.1) is 0 Å². The molecule has 2 aromatic heterocycles. The Morgan fingerprint density at radius 2 is 2.36 bits per heavy atom. The molecule has 0 bridgehead atoms. The maximum Gasteiger partial charge on any atom is 0.214 e. The smallest absolute Gasteiger partial charge is 0.214 e. The first kappa shape index (κ1) is 7.85. The summed E-state index contributed by atoms with van der Waals surface area (Å²) in [5.74, 6) is 1.63. The molecule has 1 atom stereocenters. The third-order valence-corrected chi connectivity index (χ3v) is 3.04. The van der Waals surface area contributed by atoms with Crippen LogP contribution in [0.15, 0.2) is 18.5 Å². The lowest BCUT2D eigenvalue weighted by Gasteiger charge is -2.15. The van der Waals surface area contributed by atoms with Crippen molar-refractivity contribution < 1.29 is 0 Å². The number of rotatable bonds is 0. The van der Waals surface area contributed by atoms with Crippen LogP contribution in [0.4, 0.5) is 0 Å². The molecule has 0 fully saturated rings. The molecule has 0 radical (unpaired) electrons. The highest BCUT2D eigenvalue weighted by Crippen LogP contribution is 2.30. The summed E-state index contributed by atoms with van der Waals surface area (Å²) in [6.07, 6.45) is 9.45.